The van der Waals surface area contributed by atoms with Crippen LogP contribution >= 0.6 is 38.9 Å². The summed E-state index contributed by atoms with van der Waals surface area (Å²) < 4.78 is 6.30. The SMILES string of the molecule is Cc1sc(Br)nc1C(=O)NC1CCOc2ccc(Cl)cc21. The van der Waals surface area contributed by atoms with Crippen LogP contribution in [0.25, 0.3) is 0 Å². The van der Waals surface area contributed by atoms with E-state index in [1.54, 1.807) is 6.07 Å². The summed E-state index contributed by atoms with van der Waals surface area (Å²) in [6.07, 6.45) is 0.712. The van der Waals surface area contributed by atoms with Crippen molar-refractivity contribution in [2.24, 2.45) is 0 Å². The molecule has 1 amide bonds. The number of aromatic nitrogens is 1. The fourth-order valence-electron chi connectivity index (χ4n) is 2.32. The van der Waals surface area contributed by atoms with Crippen molar-refractivity contribution < 1.29 is 9.53 Å². The molecule has 0 saturated heterocycles. The Hall–Kier alpha value is -1.11. The Bertz CT molecular complexity index is 704. The van der Waals surface area contributed by atoms with E-state index in [4.69, 9.17) is 16.3 Å². The van der Waals surface area contributed by atoms with Crippen LogP contribution in [0.5, 0.6) is 5.75 Å². The van der Waals surface area contributed by atoms with Gasteiger partial charge in [-0.2, -0.15) is 0 Å². The van der Waals surface area contributed by atoms with Crippen molar-refractivity contribution in [2.45, 2.75) is 19.4 Å². The molecule has 1 aromatic carbocycles. The molecule has 1 N–H and O–H groups in total. The zero-order valence-corrected chi connectivity index (χ0v) is 14.3. The predicted molar refractivity (Wildman–Crippen MR) is 86.3 cm³/mol. The van der Waals surface area contributed by atoms with Crippen molar-refractivity contribution in [1.29, 1.82) is 0 Å². The molecule has 2 aromatic rings. The van der Waals surface area contributed by atoms with Gasteiger partial charge < -0.3 is 10.1 Å². The van der Waals surface area contributed by atoms with Crippen LogP contribution in [0.15, 0.2) is 22.1 Å². The van der Waals surface area contributed by atoms with Crippen LogP contribution in [-0.4, -0.2) is 17.5 Å². The first-order chi connectivity index (χ1) is 10.0. The third-order valence-electron chi connectivity index (χ3n) is 3.30. The Kier molecular flexibility index (Phi) is 4.19. The number of thiazole rings is 1. The molecule has 0 bridgehead atoms. The number of fused-ring (bicyclic) bond motifs is 1. The standard InChI is InChI=1S/C14H12BrClN2O2S/c1-7-12(18-14(15)21-7)13(19)17-10-4-5-20-11-3-2-8(16)6-9(10)11/h2-3,6,10H,4-5H2,1H3,(H,17,19). The molecule has 1 atom stereocenters. The largest absolute Gasteiger partial charge is 0.493 e. The quantitative estimate of drug-likeness (QED) is 0.843. The van der Waals surface area contributed by atoms with Gasteiger partial charge in [-0.15, -0.1) is 11.3 Å². The van der Waals surface area contributed by atoms with Gasteiger partial charge in [-0.05, 0) is 41.1 Å². The third-order valence-corrected chi connectivity index (χ3v) is 4.96. The Labute approximate surface area is 139 Å². The normalized spacial score (nSPS) is 17.0. The molecule has 1 aromatic heterocycles. The maximum absolute atomic E-state index is 12.4. The lowest BCUT2D eigenvalue weighted by atomic mass is 10.0. The fourth-order valence-corrected chi connectivity index (χ4v) is 4.03. The first kappa shape index (κ1) is 14.8. The number of carbonyl (C=O) groups excluding carboxylic acids is 1. The van der Waals surface area contributed by atoms with Crippen molar-refractivity contribution in [3.05, 3.63) is 43.3 Å². The number of nitrogens with one attached hydrogen (secondary N) is 1. The van der Waals surface area contributed by atoms with E-state index in [0.29, 0.717) is 27.7 Å². The molecule has 3 rings (SSSR count). The summed E-state index contributed by atoms with van der Waals surface area (Å²) in [6.45, 7) is 2.45. The van der Waals surface area contributed by atoms with E-state index >= 15 is 0 Å². The molecule has 0 saturated carbocycles. The number of halogens is 2. The number of carbonyl (C=O) groups is 1. The lowest BCUT2D eigenvalue weighted by Crippen LogP contribution is -2.32. The molecule has 21 heavy (non-hydrogen) atoms. The topological polar surface area (TPSA) is 51.2 Å². The van der Waals surface area contributed by atoms with Gasteiger partial charge in [0.15, 0.2) is 3.92 Å². The second kappa shape index (κ2) is 5.94. The highest BCUT2D eigenvalue weighted by Gasteiger charge is 2.25. The number of hydrogen-bond acceptors (Lipinski definition) is 4. The molecule has 1 aliphatic rings. The number of rotatable bonds is 2. The van der Waals surface area contributed by atoms with Crippen LogP contribution in [0, 0.1) is 6.92 Å². The summed E-state index contributed by atoms with van der Waals surface area (Å²) in [4.78, 5) is 17.5. The van der Waals surface area contributed by atoms with Crippen LogP contribution in [-0.2, 0) is 0 Å². The molecule has 4 nitrogen and oxygen atoms in total. The van der Waals surface area contributed by atoms with Crippen LogP contribution < -0.4 is 10.1 Å². The van der Waals surface area contributed by atoms with E-state index < -0.39 is 0 Å². The summed E-state index contributed by atoms with van der Waals surface area (Å²) in [6, 6.07) is 5.34. The highest BCUT2D eigenvalue weighted by Crippen LogP contribution is 2.34. The lowest BCUT2D eigenvalue weighted by Gasteiger charge is -2.26. The zero-order chi connectivity index (χ0) is 15.0. The number of hydrogen-bond donors (Lipinski definition) is 1. The van der Waals surface area contributed by atoms with Gasteiger partial charge in [0.1, 0.15) is 11.4 Å². The minimum Gasteiger partial charge on any atom is -0.493 e. The number of nitrogens with zero attached hydrogens (tertiary/aromatic N) is 1. The Morgan fingerprint density at radius 1 is 1.57 bits per heavy atom. The minimum atomic E-state index is -0.174. The van der Waals surface area contributed by atoms with E-state index in [1.165, 1.54) is 11.3 Å². The lowest BCUT2D eigenvalue weighted by molar-refractivity contribution is 0.0919. The Morgan fingerprint density at radius 3 is 3.10 bits per heavy atom. The van der Waals surface area contributed by atoms with Crippen LogP contribution in [0.3, 0.4) is 0 Å². The van der Waals surface area contributed by atoms with Crippen molar-refractivity contribution in [1.82, 2.24) is 10.3 Å². The maximum Gasteiger partial charge on any atom is 0.271 e. The van der Waals surface area contributed by atoms with E-state index in [-0.39, 0.29) is 11.9 Å². The molecule has 0 fully saturated rings. The van der Waals surface area contributed by atoms with E-state index in [2.05, 4.69) is 26.2 Å². The number of amides is 1. The van der Waals surface area contributed by atoms with Crippen molar-refractivity contribution in [3.63, 3.8) is 0 Å². The van der Waals surface area contributed by atoms with Gasteiger partial charge in [0.25, 0.3) is 5.91 Å². The van der Waals surface area contributed by atoms with Gasteiger partial charge in [-0.3, -0.25) is 4.79 Å². The number of benzene rings is 1. The summed E-state index contributed by atoms with van der Waals surface area (Å²) in [5.41, 5.74) is 1.37. The molecule has 2 heterocycles. The summed E-state index contributed by atoms with van der Waals surface area (Å²) in [5.74, 6) is 0.597. The second-order valence-electron chi connectivity index (χ2n) is 4.72. The Morgan fingerprint density at radius 2 is 2.38 bits per heavy atom. The van der Waals surface area contributed by atoms with Crippen LogP contribution in [0.1, 0.15) is 33.4 Å². The first-order valence-electron chi connectivity index (χ1n) is 6.40. The van der Waals surface area contributed by atoms with E-state index in [0.717, 1.165) is 16.2 Å². The smallest absolute Gasteiger partial charge is 0.271 e. The summed E-state index contributed by atoms with van der Waals surface area (Å²) in [5, 5.41) is 3.65. The summed E-state index contributed by atoms with van der Waals surface area (Å²) in [7, 11) is 0. The molecule has 0 spiro atoms. The molecule has 1 unspecified atom stereocenters. The molecule has 7 heteroatoms. The first-order valence-corrected chi connectivity index (χ1v) is 8.39. The average Bonchev–Trinajstić information content (AvgIpc) is 2.78. The highest BCUT2D eigenvalue weighted by atomic mass is 79.9. The highest BCUT2D eigenvalue weighted by molar-refractivity contribution is 9.11. The van der Waals surface area contributed by atoms with E-state index in [9.17, 15) is 4.79 Å². The van der Waals surface area contributed by atoms with Crippen molar-refractivity contribution in [2.75, 3.05) is 6.61 Å². The van der Waals surface area contributed by atoms with Gasteiger partial charge in [0, 0.05) is 21.9 Å². The van der Waals surface area contributed by atoms with Gasteiger partial charge in [0.2, 0.25) is 0 Å². The van der Waals surface area contributed by atoms with E-state index in [1.807, 2.05) is 19.1 Å². The molecule has 0 aliphatic carbocycles. The molecule has 110 valence electrons. The van der Waals surface area contributed by atoms with Crippen LogP contribution in [0.4, 0.5) is 0 Å². The minimum absolute atomic E-state index is 0.111. The van der Waals surface area contributed by atoms with Gasteiger partial charge >= 0.3 is 0 Å². The third kappa shape index (κ3) is 3.07. The number of aryl methyl sites for hydroxylation is 1. The maximum atomic E-state index is 12.4. The van der Waals surface area contributed by atoms with Crippen molar-refractivity contribution in [3.8, 4) is 5.75 Å². The van der Waals surface area contributed by atoms with Gasteiger partial charge in [-0.1, -0.05) is 11.6 Å². The fraction of sp³-hybridized carbons (Fsp3) is 0.286. The van der Waals surface area contributed by atoms with Gasteiger partial charge in [-0.25, -0.2) is 4.98 Å². The second-order valence-corrected chi connectivity index (χ2v) is 7.63. The predicted octanol–water partition coefficient (Wildman–Crippen LogP) is 4.12. The van der Waals surface area contributed by atoms with Crippen LogP contribution in [0.2, 0.25) is 5.02 Å². The average molecular weight is 388 g/mol. The Balaban J connectivity index is 1.85. The molecule has 0 radical (unpaired) electrons. The molecular formula is C14H12BrClN2O2S. The van der Waals surface area contributed by atoms with Gasteiger partial charge in [0.05, 0.1) is 12.6 Å². The number of ether oxygens (including phenoxy) is 1. The van der Waals surface area contributed by atoms with Crippen molar-refractivity contribution >= 4 is 44.8 Å². The zero-order valence-electron chi connectivity index (χ0n) is 11.2. The summed E-state index contributed by atoms with van der Waals surface area (Å²) >= 11 is 10.8. The molecule has 1 aliphatic heterocycles. The molecular weight excluding hydrogens is 376 g/mol. The monoisotopic (exact) mass is 386 g/mol.